The number of nitriles is 2. The van der Waals surface area contributed by atoms with E-state index in [4.69, 9.17) is 20.7 Å². The number of hydrogen-bond donors (Lipinski definition) is 4. The van der Waals surface area contributed by atoms with Crippen LogP contribution in [0.2, 0.25) is 0 Å². The fourth-order valence-corrected chi connectivity index (χ4v) is 0.482. The molecule has 2 atom stereocenters. The van der Waals surface area contributed by atoms with Gasteiger partial charge < -0.3 is 10.2 Å². The van der Waals surface area contributed by atoms with Crippen molar-refractivity contribution >= 4 is 0 Å². The van der Waals surface area contributed by atoms with Gasteiger partial charge in [-0.2, -0.15) is 10.5 Å². The molecule has 6 nitrogen and oxygen atoms in total. The molecule has 78 valence electrons. The van der Waals surface area contributed by atoms with Gasteiger partial charge in [-0.05, 0) is 13.8 Å². The maximum Gasteiger partial charge on any atom is 0.139 e. The molecule has 0 rings (SSSR count). The second-order valence-corrected chi connectivity index (χ2v) is 3.45. The van der Waals surface area contributed by atoms with Crippen LogP contribution in [0.5, 0.6) is 0 Å². The van der Waals surface area contributed by atoms with Gasteiger partial charge in [0.25, 0.3) is 0 Å². The fraction of sp³-hybridized carbons (Fsp3) is 0.750. The van der Waals surface area contributed by atoms with Crippen molar-refractivity contribution in [3.05, 3.63) is 0 Å². The topological polar surface area (TPSA) is 112 Å². The zero-order chi connectivity index (χ0) is 11.2. The zero-order valence-corrected chi connectivity index (χ0v) is 8.20. The van der Waals surface area contributed by atoms with Crippen molar-refractivity contribution < 1.29 is 10.2 Å². The van der Waals surface area contributed by atoms with E-state index in [2.05, 4.69) is 10.9 Å². The highest BCUT2D eigenvalue weighted by Crippen LogP contribution is 2.02. The maximum atomic E-state index is 8.86. The van der Waals surface area contributed by atoms with Crippen molar-refractivity contribution in [1.29, 1.82) is 10.5 Å². The van der Waals surface area contributed by atoms with Crippen molar-refractivity contribution in [2.24, 2.45) is 0 Å². The van der Waals surface area contributed by atoms with E-state index in [0.717, 1.165) is 0 Å². The molecular weight excluding hydrogens is 184 g/mol. The first-order valence-electron chi connectivity index (χ1n) is 4.04. The summed E-state index contributed by atoms with van der Waals surface area (Å²) in [6, 6.07) is 3.67. The molecule has 0 spiro atoms. The molecule has 0 saturated carbocycles. The Labute approximate surface area is 82.7 Å². The molecule has 2 unspecified atom stereocenters. The quantitative estimate of drug-likeness (QED) is 0.405. The first-order chi connectivity index (χ1) is 6.45. The molecule has 0 aromatic carbocycles. The van der Waals surface area contributed by atoms with Gasteiger partial charge in [0.2, 0.25) is 0 Å². The van der Waals surface area contributed by atoms with Crippen LogP contribution >= 0.6 is 0 Å². The number of hydrazine groups is 1. The molecule has 0 heterocycles. The normalized spacial score (nSPS) is 18.7. The summed E-state index contributed by atoms with van der Waals surface area (Å²) in [5, 5.41) is 35.1. The van der Waals surface area contributed by atoms with Crippen LogP contribution < -0.4 is 10.9 Å². The predicted octanol–water partition coefficient (Wildman–Crippen LogP) is -1.37. The molecule has 0 aliphatic heterocycles. The summed E-state index contributed by atoms with van der Waals surface area (Å²) in [6.07, 6.45) is 0. The molecule has 0 bridgehead atoms. The standard InChI is InChI=1S/C8H14N4O2/c1-7(3-9,5-13)11-12-8(2,4-10)6-14/h11-14H,5-6H2,1-2H3. The second kappa shape index (κ2) is 4.89. The molecule has 0 aromatic rings. The molecule has 0 aliphatic carbocycles. The largest absolute Gasteiger partial charge is 0.393 e. The van der Waals surface area contributed by atoms with Gasteiger partial charge in [0.1, 0.15) is 11.1 Å². The van der Waals surface area contributed by atoms with E-state index in [0.29, 0.717) is 0 Å². The van der Waals surface area contributed by atoms with Gasteiger partial charge >= 0.3 is 0 Å². The molecule has 0 aromatic heterocycles. The van der Waals surface area contributed by atoms with Gasteiger partial charge in [-0.15, -0.1) is 0 Å². The molecule has 0 radical (unpaired) electrons. The van der Waals surface area contributed by atoms with E-state index >= 15 is 0 Å². The number of hydrogen-bond acceptors (Lipinski definition) is 6. The Kier molecular flexibility index (Phi) is 4.48. The first kappa shape index (κ1) is 12.8. The minimum atomic E-state index is -1.17. The monoisotopic (exact) mass is 198 g/mol. The highest BCUT2D eigenvalue weighted by Gasteiger charge is 2.28. The maximum absolute atomic E-state index is 8.86. The van der Waals surface area contributed by atoms with E-state index < -0.39 is 24.3 Å². The number of nitrogens with one attached hydrogen (secondary N) is 2. The average molecular weight is 198 g/mol. The first-order valence-corrected chi connectivity index (χ1v) is 4.04. The lowest BCUT2D eigenvalue weighted by Gasteiger charge is -2.27. The Morgan fingerprint density at radius 2 is 1.29 bits per heavy atom. The van der Waals surface area contributed by atoms with Crippen LogP contribution in [0, 0.1) is 22.7 Å². The lowest BCUT2D eigenvalue weighted by atomic mass is 10.1. The minimum absolute atomic E-state index is 0.399. The van der Waals surface area contributed by atoms with Gasteiger partial charge in [-0.3, -0.25) is 0 Å². The lowest BCUT2D eigenvalue weighted by Crippen LogP contribution is -2.60. The molecule has 4 N–H and O–H groups in total. The van der Waals surface area contributed by atoms with Crippen molar-refractivity contribution in [2.45, 2.75) is 24.9 Å². The van der Waals surface area contributed by atoms with Crippen LogP contribution in [0.3, 0.4) is 0 Å². The van der Waals surface area contributed by atoms with Crippen molar-refractivity contribution in [2.75, 3.05) is 13.2 Å². The van der Waals surface area contributed by atoms with E-state index in [1.54, 1.807) is 0 Å². The van der Waals surface area contributed by atoms with Crippen molar-refractivity contribution in [3.63, 3.8) is 0 Å². The fourth-order valence-electron chi connectivity index (χ4n) is 0.482. The minimum Gasteiger partial charge on any atom is -0.393 e. The third-order valence-electron chi connectivity index (χ3n) is 1.74. The Morgan fingerprint density at radius 1 is 1.00 bits per heavy atom. The molecule has 14 heavy (non-hydrogen) atoms. The highest BCUT2D eigenvalue weighted by atomic mass is 16.3. The van der Waals surface area contributed by atoms with Crippen LogP contribution in [-0.2, 0) is 0 Å². The van der Waals surface area contributed by atoms with Gasteiger partial charge in [0.15, 0.2) is 0 Å². The van der Waals surface area contributed by atoms with Gasteiger partial charge in [0.05, 0.1) is 25.4 Å². The number of aliphatic hydroxyl groups excluding tert-OH is 2. The Balaban J connectivity index is 4.32. The van der Waals surface area contributed by atoms with Crippen molar-refractivity contribution in [1.82, 2.24) is 10.9 Å². The van der Waals surface area contributed by atoms with E-state index in [1.807, 2.05) is 12.1 Å². The van der Waals surface area contributed by atoms with Crippen molar-refractivity contribution in [3.8, 4) is 12.1 Å². The molecule has 0 saturated heterocycles. The number of aliphatic hydroxyl groups is 2. The molecule has 0 fully saturated rings. The molecular formula is C8H14N4O2. The Bertz CT molecular complexity index is 241. The molecule has 0 amide bonds. The summed E-state index contributed by atoms with van der Waals surface area (Å²) < 4.78 is 0. The van der Waals surface area contributed by atoms with Gasteiger partial charge in [-0.25, -0.2) is 10.9 Å². The summed E-state index contributed by atoms with van der Waals surface area (Å²) in [5.74, 6) is 0. The van der Waals surface area contributed by atoms with E-state index in [9.17, 15) is 0 Å². The lowest BCUT2D eigenvalue weighted by molar-refractivity contribution is 0.151. The summed E-state index contributed by atoms with van der Waals surface area (Å²) in [5.41, 5.74) is 2.64. The van der Waals surface area contributed by atoms with Crippen LogP contribution in [0.4, 0.5) is 0 Å². The van der Waals surface area contributed by atoms with E-state index in [-0.39, 0.29) is 0 Å². The summed E-state index contributed by atoms with van der Waals surface area (Å²) in [4.78, 5) is 0. The molecule has 6 heteroatoms. The summed E-state index contributed by atoms with van der Waals surface area (Å²) in [7, 11) is 0. The van der Waals surface area contributed by atoms with Gasteiger partial charge in [-0.1, -0.05) is 0 Å². The molecule has 0 aliphatic rings. The Morgan fingerprint density at radius 3 is 1.43 bits per heavy atom. The van der Waals surface area contributed by atoms with Crippen LogP contribution in [0.25, 0.3) is 0 Å². The van der Waals surface area contributed by atoms with Crippen LogP contribution in [0.15, 0.2) is 0 Å². The summed E-state index contributed by atoms with van der Waals surface area (Å²) in [6.45, 7) is 2.14. The number of rotatable bonds is 5. The zero-order valence-electron chi connectivity index (χ0n) is 8.20. The van der Waals surface area contributed by atoms with E-state index in [1.165, 1.54) is 13.8 Å². The third kappa shape index (κ3) is 3.29. The van der Waals surface area contributed by atoms with Crippen LogP contribution in [0.1, 0.15) is 13.8 Å². The third-order valence-corrected chi connectivity index (χ3v) is 1.74. The average Bonchev–Trinajstić information content (AvgIpc) is 2.25. The Hall–Kier alpha value is -1.18. The smallest absolute Gasteiger partial charge is 0.139 e. The number of nitrogens with zero attached hydrogens (tertiary/aromatic N) is 2. The van der Waals surface area contributed by atoms with Gasteiger partial charge in [0, 0.05) is 0 Å². The second-order valence-electron chi connectivity index (χ2n) is 3.45. The predicted molar refractivity (Wildman–Crippen MR) is 48.5 cm³/mol. The van der Waals surface area contributed by atoms with Crippen LogP contribution in [-0.4, -0.2) is 34.5 Å². The highest BCUT2D eigenvalue weighted by molar-refractivity contribution is 5.07. The summed E-state index contributed by atoms with van der Waals surface area (Å²) >= 11 is 0. The SMILES string of the molecule is CC(C#N)(CO)NNC(C)(C#N)CO.